The van der Waals surface area contributed by atoms with Crippen molar-refractivity contribution in [1.82, 2.24) is 5.32 Å². The first-order chi connectivity index (χ1) is 9.49. The van der Waals surface area contributed by atoms with E-state index in [2.05, 4.69) is 5.32 Å². The zero-order chi connectivity index (χ0) is 14.7. The van der Waals surface area contributed by atoms with Gasteiger partial charge in [0.15, 0.2) is 0 Å². The van der Waals surface area contributed by atoms with Gasteiger partial charge in [0.25, 0.3) is 0 Å². The van der Waals surface area contributed by atoms with Gasteiger partial charge in [0.1, 0.15) is 17.3 Å². The first-order valence-corrected chi connectivity index (χ1v) is 6.86. The molecule has 2 aromatic carbocycles. The van der Waals surface area contributed by atoms with Crippen LogP contribution in [0.3, 0.4) is 0 Å². The van der Waals surface area contributed by atoms with Gasteiger partial charge in [-0.2, -0.15) is 0 Å². The summed E-state index contributed by atoms with van der Waals surface area (Å²) in [5, 5.41) is 4.03. The van der Waals surface area contributed by atoms with Crippen molar-refractivity contribution in [2.24, 2.45) is 0 Å². The molecule has 0 aliphatic rings. The van der Waals surface area contributed by atoms with E-state index in [1.165, 1.54) is 12.1 Å². The maximum Gasteiger partial charge on any atom is 0.132 e. The Hall–Kier alpha value is -1.29. The third-order valence-electron chi connectivity index (χ3n) is 2.94. The third kappa shape index (κ3) is 3.63. The minimum absolute atomic E-state index is 0.0460. The lowest BCUT2D eigenvalue weighted by Crippen LogP contribution is -2.13. The highest BCUT2D eigenvalue weighted by Gasteiger charge is 2.12. The fourth-order valence-electron chi connectivity index (χ4n) is 1.82. The number of hydrogen-bond donors (Lipinski definition) is 1. The predicted molar refractivity (Wildman–Crippen MR) is 80.4 cm³/mol. The molecule has 5 heteroatoms. The van der Waals surface area contributed by atoms with Crippen molar-refractivity contribution in [3.05, 3.63) is 57.8 Å². The SMILES string of the molecule is CNC(C)c1cc(F)ccc1Oc1cc(Cl)cc(Cl)c1. The summed E-state index contributed by atoms with van der Waals surface area (Å²) in [5.74, 6) is 0.767. The van der Waals surface area contributed by atoms with E-state index in [1.807, 2.05) is 6.92 Å². The molecule has 0 radical (unpaired) electrons. The Morgan fingerprint density at radius 1 is 1.10 bits per heavy atom. The van der Waals surface area contributed by atoms with E-state index >= 15 is 0 Å². The summed E-state index contributed by atoms with van der Waals surface area (Å²) in [6.07, 6.45) is 0. The number of rotatable bonds is 4. The van der Waals surface area contributed by atoms with Crippen molar-refractivity contribution < 1.29 is 9.13 Å². The quantitative estimate of drug-likeness (QED) is 0.837. The highest BCUT2D eigenvalue weighted by molar-refractivity contribution is 6.34. The molecule has 0 aliphatic carbocycles. The lowest BCUT2D eigenvalue weighted by molar-refractivity contribution is 0.463. The lowest BCUT2D eigenvalue weighted by atomic mass is 10.1. The average Bonchev–Trinajstić information content (AvgIpc) is 2.38. The molecule has 2 aromatic rings. The monoisotopic (exact) mass is 313 g/mol. The molecule has 1 unspecified atom stereocenters. The summed E-state index contributed by atoms with van der Waals surface area (Å²) in [6, 6.07) is 9.28. The van der Waals surface area contributed by atoms with Crippen LogP contribution in [0, 0.1) is 5.82 Å². The van der Waals surface area contributed by atoms with Crippen molar-refractivity contribution >= 4 is 23.2 Å². The van der Waals surface area contributed by atoms with Gasteiger partial charge in [-0.1, -0.05) is 23.2 Å². The van der Waals surface area contributed by atoms with E-state index in [0.717, 1.165) is 5.56 Å². The molecule has 1 N–H and O–H groups in total. The summed E-state index contributed by atoms with van der Waals surface area (Å²) in [6.45, 7) is 1.92. The van der Waals surface area contributed by atoms with Crippen LogP contribution in [0.25, 0.3) is 0 Å². The smallest absolute Gasteiger partial charge is 0.132 e. The molecule has 0 aromatic heterocycles. The van der Waals surface area contributed by atoms with Gasteiger partial charge in [0, 0.05) is 21.7 Å². The van der Waals surface area contributed by atoms with E-state index in [0.29, 0.717) is 21.5 Å². The molecule has 2 rings (SSSR count). The van der Waals surface area contributed by atoms with Gasteiger partial charge in [-0.25, -0.2) is 4.39 Å². The molecule has 20 heavy (non-hydrogen) atoms. The van der Waals surface area contributed by atoms with Crippen LogP contribution in [0.5, 0.6) is 11.5 Å². The zero-order valence-electron chi connectivity index (χ0n) is 11.1. The second kappa shape index (κ2) is 6.44. The Labute approximate surface area is 127 Å². The fraction of sp³-hybridized carbons (Fsp3) is 0.200. The third-order valence-corrected chi connectivity index (χ3v) is 3.37. The fourth-order valence-corrected chi connectivity index (χ4v) is 2.33. The molecule has 1 atom stereocenters. The molecule has 2 nitrogen and oxygen atoms in total. The lowest BCUT2D eigenvalue weighted by Gasteiger charge is -2.16. The second-order valence-electron chi connectivity index (χ2n) is 4.40. The van der Waals surface area contributed by atoms with Crippen LogP contribution >= 0.6 is 23.2 Å². The van der Waals surface area contributed by atoms with Gasteiger partial charge >= 0.3 is 0 Å². The molecule has 0 saturated carbocycles. The molecule has 0 fully saturated rings. The summed E-state index contributed by atoms with van der Waals surface area (Å²) >= 11 is 11.9. The second-order valence-corrected chi connectivity index (χ2v) is 5.27. The predicted octanol–water partition coefficient (Wildman–Crippen LogP) is 5.21. The van der Waals surface area contributed by atoms with Crippen LogP contribution in [-0.4, -0.2) is 7.05 Å². The highest BCUT2D eigenvalue weighted by atomic mass is 35.5. The van der Waals surface area contributed by atoms with Gasteiger partial charge in [0.05, 0.1) is 0 Å². The van der Waals surface area contributed by atoms with E-state index in [4.69, 9.17) is 27.9 Å². The van der Waals surface area contributed by atoms with Crippen LogP contribution in [0.4, 0.5) is 4.39 Å². The molecule has 0 spiro atoms. The van der Waals surface area contributed by atoms with E-state index < -0.39 is 0 Å². The number of halogens is 3. The Morgan fingerprint density at radius 3 is 2.35 bits per heavy atom. The zero-order valence-corrected chi connectivity index (χ0v) is 12.6. The Bertz CT molecular complexity index is 599. The molecular weight excluding hydrogens is 300 g/mol. The maximum atomic E-state index is 13.4. The van der Waals surface area contributed by atoms with Crippen molar-refractivity contribution in [1.29, 1.82) is 0 Å². The number of ether oxygens (including phenoxy) is 1. The minimum Gasteiger partial charge on any atom is -0.457 e. The number of nitrogens with one attached hydrogen (secondary N) is 1. The normalized spacial score (nSPS) is 12.2. The Kier molecular flexibility index (Phi) is 4.86. The van der Waals surface area contributed by atoms with E-state index in [1.54, 1.807) is 31.3 Å². The van der Waals surface area contributed by atoms with Crippen LogP contribution in [0.1, 0.15) is 18.5 Å². The van der Waals surface area contributed by atoms with Crippen LogP contribution in [0.2, 0.25) is 10.0 Å². The summed E-state index contributed by atoms with van der Waals surface area (Å²) < 4.78 is 19.2. The standard InChI is InChI=1S/C15H14Cl2FNO/c1-9(19-2)14-8-12(18)3-4-15(14)20-13-6-10(16)5-11(17)7-13/h3-9,19H,1-2H3. The molecule has 0 amide bonds. The van der Waals surface area contributed by atoms with Gasteiger partial charge in [-0.05, 0) is 50.4 Å². The van der Waals surface area contributed by atoms with E-state index in [9.17, 15) is 4.39 Å². The van der Waals surface area contributed by atoms with E-state index in [-0.39, 0.29) is 11.9 Å². The minimum atomic E-state index is -0.307. The molecule has 106 valence electrons. The van der Waals surface area contributed by atoms with Crippen LogP contribution in [-0.2, 0) is 0 Å². The van der Waals surface area contributed by atoms with Crippen molar-refractivity contribution in [2.75, 3.05) is 7.05 Å². The topological polar surface area (TPSA) is 21.3 Å². The average molecular weight is 314 g/mol. The van der Waals surface area contributed by atoms with Crippen LogP contribution in [0.15, 0.2) is 36.4 Å². The van der Waals surface area contributed by atoms with Crippen molar-refractivity contribution in [3.63, 3.8) is 0 Å². The molecule has 0 aliphatic heterocycles. The maximum absolute atomic E-state index is 13.4. The van der Waals surface area contributed by atoms with Gasteiger partial charge in [-0.3, -0.25) is 0 Å². The highest BCUT2D eigenvalue weighted by Crippen LogP contribution is 2.33. The van der Waals surface area contributed by atoms with Crippen molar-refractivity contribution in [2.45, 2.75) is 13.0 Å². The Morgan fingerprint density at radius 2 is 1.75 bits per heavy atom. The van der Waals surface area contributed by atoms with Crippen LogP contribution < -0.4 is 10.1 Å². The molecule has 0 heterocycles. The first kappa shape index (κ1) is 15.1. The molecule has 0 saturated heterocycles. The largest absolute Gasteiger partial charge is 0.457 e. The summed E-state index contributed by atoms with van der Waals surface area (Å²) in [7, 11) is 1.80. The molecular formula is C15H14Cl2FNO. The first-order valence-electron chi connectivity index (χ1n) is 6.10. The number of benzene rings is 2. The Balaban J connectivity index is 2.37. The van der Waals surface area contributed by atoms with Gasteiger partial charge in [0.2, 0.25) is 0 Å². The number of hydrogen-bond acceptors (Lipinski definition) is 2. The molecule has 0 bridgehead atoms. The summed E-state index contributed by atoms with van der Waals surface area (Å²) in [4.78, 5) is 0. The van der Waals surface area contributed by atoms with Gasteiger partial charge < -0.3 is 10.1 Å². The van der Waals surface area contributed by atoms with Crippen molar-refractivity contribution in [3.8, 4) is 11.5 Å². The summed E-state index contributed by atoms with van der Waals surface area (Å²) in [5.41, 5.74) is 0.726. The van der Waals surface area contributed by atoms with Gasteiger partial charge in [-0.15, -0.1) is 0 Å².